The highest BCUT2D eigenvalue weighted by molar-refractivity contribution is 7.98. The largest absolute Gasteiger partial charge is 0.450 e. The first-order valence-corrected chi connectivity index (χ1v) is 5.91. The Morgan fingerprint density at radius 3 is 2.69 bits per heavy atom. The molecule has 1 unspecified atom stereocenters. The number of carbonyl (C=O) groups is 1. The van der Waals surface area contributed by atoms with E-state index in [2.05, 4.69) is 6.26 Å². The van der Waals surface area contributed by atoms with Crippen molar-refractivity contribution >= 4 is 17.9 Å². The molecule has 0 heterocycles. The van der Waals surface area contributed by atoms with Crippen LogP contribution in [0, 0.1) is 0 Å². The molecule has 0 bridgehead atoms. The maximum atomic E-state index is 11.2. The predicted molar refractivity (Wildman–Crippen MR) is 57.2 cm³/mol. The van der Waals surface area contributed by atoms with Crippen molar-refractivity contribution in [2.45, 2.75) is 26.3 Å². The number of ether oxygens (including phenoxy) is 1. The second-order valence-electron chi connectivity index (χ2n) is 2.94. The van der Waals surface area contributed by atoms with Gasteiger partial charge in [0.15, 0.2) is 0 Å². The Balaban J connectivity index is 3.79. The standard InChI is InChI=1S/C9H19NO2S/c1-5-12-9(11)10(3)8(2)6-7-13-4/h8H,5-7H2,1-4H3. The Labute approximate surface area is 84.8 Å². The van der Waals surface area contributed by atoms with Crippen LogP contribution in [0.25, 0.3) is 0 Å². The molecule has 0 rings (SSSR count). The predicted octanol–water partition coefficient (Wildman–Crippen LogP) is 2.22. The van der Waals surface area contributed by atoms with Gasteiger partial charge in [0, 0.05) is 13.1 Å². The lowest BCUT2D eigenvalue weighted by molar-refractivity contribution is 0.104. The number of nitrogens with zero attached hydrogens (tertiary/aromatic N) is 1. The van der Waals surface area contributed by atoms with Gasteiger partial charge in [0.25, 0.3) is 0 Å². The average Bonchev–Trinajstić information content (AvgIpc) is 2.13. The third-order valence-corrected chi connectivity index (χ3v) is 2.60. The van der Waals surface area contributed by atoms with Gasteiger partial charge in [-0.2, -0.15) is 11.8 Å². The summed E-state index contributed by atoms with van der Waals surface area (Å²) in [6.45, 7) is 4.30. The minimum atomic E-state index is -0.226. The average molecular weight is 205 g/mol. The molecule has 1 atom stereocenters. The molecule has 1 amide bonds. The number of thioether (sulfide) groups is 1. The lowest BCUT2D eigenvalue weighted by atomic mass is 10.2. The Bertz CT molecular complexity index is 153. The maximum Gasteiger partial charge on any atom is 0.409 e. The van der Waals surface area contributed by atoms with Crippen molar-refractivity contribution in [1.82, 2.24) is 4.90 Å². The molecular weight excluding hydrogens is 186 g/mol. The summed E-state index contributed by atoms with van der Waals surface area (Å²) in [6, 6.07) is 0.256. The van der Waals surface area contributed by atoms with Crippen LogP contribution in [-0.4, -0.2) is 42.7 Å². The molecule has 0 fully saturated rings. The van der Waals surface area contributed by atoms with Gasteiger partial charge in [-0.1, -0.05) is 0 Å². The van der Waals surface area contributed by atoms with Gasteiger partial charge >= 0.3 is 6.09 Å². The lowest BCUT2D eigenvalue weighted by Crippen LogP contribution is -2.35. The van der Waals surface area contributed by atoms with Gasteiger partial charge in [0.1, 0.15) is 0 Å². The third-order valence-electron chi connectivity index (χ3n) is 1.96. The van der Waals surface area contributed by atoms with Gasteiger partial charge in [0.2, 0.25) is 0 Å². The van der Waals surface area contributed by atoms with Crippen molar-refractivity contribution in [3.05, 3.63) is 0 Å². The smallest absolute Gasteiger partial charge is 0.409 e. The Morgan fingerprint density at radius 2 is 2.23 bits per heavy atom. The third kappa shape index (κ3) is 5.03. The molecule has 3 nitrogen and oxygen atoms in total. The fourth-order valence-corrected chi connectivity index (χ4v) is 1.46. The van der Waals surface area contributed by atoms with Crippen LogP contribution in [0.3, 0.4) is 0 Å². The molecule has 0 aliphatic heterocycles. The van der Waals surface area contributed by atoms with E-state index in [9.17, 15) is 4.79 Å². The molecule has 13 heavy (non-hydrogen) atoms. The number of hydrogen-bond acceptors (Lipinski definition) is 3. The number of amides is 1. The molecule has 0 spiro atoms. The minimum absolute atomic E-state index is 0.226. The normalized spacial score (nSPS) is 12.3. The van der Waals surface area contributed by atoms with Gasteiger partial charge in [-0.25, -0.2) is 4.79 Å². The second-order valence-corrected chi connectivity index (χ2v) is 3.93. The summed E-state index contributed by atoms with van der Waals surface area (Å²) in [5.41, 5.74) is 0. The summed E-state index contributed by atoms with van der Waals surface area (Å²) < 4.78 is 4.88. The van der Waals surface area contributed by atoms with Crippen LogP contribution >= 0.6 is 11.8 Å². The zero-order valence-corrected chi connectivity index (χ0v) is 9.69. The minimum Gasteiger partial charge on any atom is -0.450 e. The van der Waals surface area contributed by atoms with E-state index >= 15 is 0 Å². The van der Waals surface area contributed by atoms with Crippen molar-refractivity contribution < 1.29 is 9.53 Å². The molecule has 0 aromatic carbocycles. The first-order chi connectivity index (χ1) is 6.13. The maximum absolute atomic E-state index is 11.2. The molecule has 0 saturated carbocycles. The number of rotatable bonds is 5. The zero-order valence-electron chi connectivity index (χ0n) is 8.87. The topological polar surface area (TPSA) is 29.5 Å². The molecule has 0 saturated heterocycles. The Kier molecular flexibility index (Phi) is 6.86. The van der Waals surface area contributed by atoms with Gasteiger partial charge in [-0.15, -0.1) is 0 Å². The van der Waals surface area contributed by atoms with E-state index in [-0.39, 0.29) is 12.1 Å². The first kappa shape index (κ1) is 12.6. The molecule has 0 aromatic heterocycles. The highest BCUT2D eigenvalue weighted by atomic mass is 32.2. The van der Waals surface area contributed by atoms with Crippen molar-refractivity contribution in [3.63, 3.8) is 0 Å². The highest BCUT2D eigenvalue weighted by Gasteiger charge is 2.15. The van der Waals surface area contributed by atoms with E-state index in [1.165, 1.54) is 0 Å². The van der Waals surface area contributed by atoms with Crippen molar-refractivity contribution in [3.8, 4) is 0 Å². The van der Waals surface area contributed by atoms with E-state index < -0.39 is 0 Å². The van der Waals surface area contributed by atoms with Crippen molar-refractivity contribution in [1.29, 1.82) is 0 Å². The molecular formula is C9H19NO2S. The van der Waals surface area contributed by atoms with Crippen LogP contribution in [-0.2, 0) is 4.74 Å². The van der Waals surface area contributed by atoms with Gasteiger partial charge < -0.3 is 9.64 Å². The molecule has 0 N–H and O–H groups in total. The molecule has 78 valence electrons. The van der Waals surface area contributed by atoms with E-state index in [1.54, 1.807) is 23.7 Å². The van der Waals surface area contributed by atoms with E-state index in [1.807, 2.05) is 13.8 Å². The quantitative estimate of drug-likeness (QED) is 0.689. The van der Waals surface area contributed by atoms with E-state index in [0.29, 0.717) is 6.61 Å². The Hall–Kier alpha value is -0.380. The van der Waals surface area contributed by atoms with Crippen LogP contribution in [0.5, 0.6) is 0 Å². The summed E-state index contributed by atoms with van der Waals surface area (Å²) in [4.78, 5) is 12.9. The molecule has 0 aliphatic carbocycles. The summed E-state index contributed by atoms with van der Waals surface area (Å²) in [6.07, 6.45) is 2.85. The second kappa shape index (κ2) is 7.06. The van der Waals surface area contributed by atoms with Crippen molar-refractivity contribution in [2.24, 2.45) is 0 Å². The fraction of sp³-hybridized carbons (Fsp3) is 0.889. The Morgan fingerprint density at radius 1 is 1.62 bits per heavy atom. The van der Waals surface area contributed by atoms with Crippen LogP contribution in [0.1, 0.15) is 20.3 Å². The first-order valence-electron chi connectivity index (χ1n) is 4.52. The molecule has 0 aromatic rings. The number of carbonyl (C=O) groups excluding carboxylic acids is 1. The van der Waals surface area contributed by atoms with Gasteiger partial charge in [-0.3, -0.25) is 0 Å². The summed E-state index contributed by atoms with van der Waals surface area (Å²) in [7, 11) is 1.78. The monoisotopic (exact) mass is 205 g/mol. The van der Waals surface area contributed by atoms with Gasteiger partial charge in [-0.05, 0) is 32.3 Å². The summed E-state index contributed by atoms with van der Waals surface area (Å²) >= 11 is 1.79. The molecule has 0 radical (unpaired) electrons. The lowest BCUT2D eigenvalue weighted by Gasteiger charge is -2.23. The SMILES string of the molecule is CCOC(=O)N(C)C(C)CCSC. The van der Waals surface area contributed by atoms with Gasteiger partial charge in [0.05, 0.1) is 6.61 Å². The van der Waals surface area contributed by atoms with E-state index in [4.69, 9.17) is 4.74 Å². The molecule has 0 aliphatic rings. The zero-order chi connectivity index (χ0) is 10.3. The summed E-state index contributed by atoms with van der Waals surface area (Å²) in [5, 5.41) is 0. The van der Waals surface area contributed by atoms with E-state index in [0.717, 1.165) is 12.2 Å². The molecule has 4 heteroatoms. The van der Waals surface area contributed by atoms with Crippen molar-refractivity contribution in [2.75, 3.05) is 25.7 Å². The fourth-order valence-electron chi connectivity index (χ4n) is 0.887. The highest BCUT2D eigenvalue weighted by Crippen LogP contribution is 2.06. The van der Waals surface area contributed by atoms with Crippen LogP contribution in [0.2, 0.25) is 0 Å². The number of hydrogen-bond donors (Lipinski definition) is 0. The summed E-state index contributed by atoms with van der Waals surface area (Å²) in [5.74, 6) is 1.07. The van der Waals surface area contributed by atoms with Crippen LogP contribution < -0.4 is 0 Å². The van der Waals surface area contributed by atoms with Crippen LogP contribution in [0.15, 0.2) is 0 Å². The van der Waals surface area contributed by atoms with Crippen LogP contribution in [0.4, 0.5) is 4.79 Å².